The van der Waals surface area contributed by atoms with Gasteiger partial charge in [0, 0.05) is 24.7 Å². The fourth-order valence-electron chi connectivity index (χ4n) is 3.26. The van der Waals surface area contributed by atoms with Gasteiger partial charge in [-0.25, -0.2) is 12.8 Å². The number of anilines is 2. The number of sulfone groups is 1. The van der Waals surface area contributed by atoms with Gasteiger partial charge in [-0.15, -0.1) is 0 Å². The van der Waals surface area contributed by atoms with Crippen LogP contribution in [-0.4, -0.2) is 33.2 Å². The molecule has 0 radical (unpaired) electrons. The van der Waals surface area contributed by atoms with Crippen molar-refractivity contribution in [3.05, 3.63) is 53.3 Å². The zero-order valence-corrected chi connectivity index (χ0v) is 16.7. The Kier molecular flexibility index (Phi) is 6.38. The summed E-state index contributed by atoms with van der Waals surface area (Å²) >= 11 is 5.71. The first-order chi connectivity index (χ1) is 13.7. The normalized spacial score (nSPS) is 15.6. The molecular formula is C19H18ClF3N2O3S. The Morgan fingerprint density at radius 2 is 1.79 bits per heavy atom. The van der Waals surface area contributed by atoms with E-state index >= 15 is 0 Å². The second kappa shape index (κ2) is 8.62. The van der Waals surface area contributed by atoms with E-state index in [2.05, 4.69) is 5.32 Å². The molecule has 0 unspecified atom stereocenters. The minimum Gasteiger partial charge on any atom is -0.370 e. The maximum absolute atomic E-state index is 13.2. The van der Waals surface area contributed by atoms with Crippen LogP contribution in [0.15, 0.2) is 47.4 Å². The maximum atomic E-state index is 13.2. The van der Waals surface area contributed by atoms with Crippen molar-refractivity contribution in [3.63, 3.8) is 0 Å². The number of hydrogen-bond acceptors (Lipinski definition) is 4. The van der Waals surface area contributed by atoms with E-state index in [-0.39, 0.29) is 22.5 Å². The van der Waals surface area contributed by atoms with Crippen LogP contribution in [0.25, 0.3) is 0 Å². The highest BCUT2D eigenvalue weighted by Crippen LogP contribution is 2.32. The number of halogens is 4. The maximum Gasteiger partial charge on any atom is 0.341 e. The Bertz CT molecular complexity index is 1010. The van der Waals surface area contributed by atoms with E-state index in [1.165, 1.54) is 24.3 Å². The van der Waals surface area contributed by atoms with Gasteiger partial charge in [0.15, 0.2) is 0 Å². The molecule has 1 amide bonds. The summed E-state index contributed by atoms with van der Waals surface area (Å²) in [5, 5.41) is 2.58. The average Bonchev–Trinajstić information content (AvgIpc) is 2.70. The van der Waals surface area contributed by atoms with Crippen molar-refractivity contribution in [1.82, 2.24) is 0 Å². The van der Waals surface area contributed by atoms with Crippen LogP contribution in [0.2, 0.25) is 5.02 Å². The van der Waals surface area contributed by atoms with Crippen molar-refractivity contribution in [2.75, 3.05) is 23.3 Å². The first-order valence-electron chi connectivity index (χ1n) is 8.82. The number of alkyl halides is 2. The number of piperidine rings is 1. The Morgan fingerprint density at radius 3 is 2.41 bits per heavy atom. The zero-order chi connectivity index (χ0) is 21.2. The number of hydrogen-bond donors (Lipinski definition) is 1. The van der Waals surface area contributed by atoms with Gasteiger partial charge in [0.25, 0.3) is 0 Å². The summed E-state index contributed by atoms with van der Waals surface area (Å²) in [7, 11) is -4.73. The van der Waals surface area contributed by atoms with Crippen LogP contribution in [-0.2, 0) is 14.6 Å². The zero-order valence-electron chi connectivity index (χ0n) is 15.1. The van der Waals surface area contributed by atoms with E-state index in [0.29, 0.717) is 31.6 Å². The smallest absolute Gasteiger partial charge is 0.341 e. The van der Waals surface area contributed by atoms with Gasteiger partial charge in [-0.1, -0.05) is 23.7 Å². The molecule has 0 aromatic heterocycles. The van der Waals surface area contributed by atoms with Gasteiger partial charge in [0.2, 0.25) is 15.7 Å². The summed E-state index contributed by atoms with van der Waals surface area (Å²) in [6.45, 7) is 0.663. The molecule has 1 N–H and O–H groups in total. The lowest BCUT2D eigenvalue weighted by atomic mass is 9.95. The van der Waals surface area contributed by atoms with Gasteiger partial charge in [-0.3, -0.25) is 4.79 Å². The Hall–Kier alpha value is -2.26. The van der Waals surface area contributed by atoms with Crippen molar-refractivity contribution >= 4 is 38.7 Å². The molecule has 2 aromatic rings. The molecule has 0 saturated carbocycles. The minimum absolute atomic E-state index is 0.102. The first kappa shape index (κ1) is 21.4. The minimum atomic E-state index is -4.73. The first-order valence-corrected chi connectivity index (χ1v) is 10.7. The lowest BCUT2D eigenvalue weighted by molar-refractivity contribution is -0.120. The highest BCUT2D eigenvalue weighted by atomic mass is 35.5. The number of nitrogens with zero attached hydrogens (tertiary/aromatic N) is 1. The highest BCUT2D eigenvalue weighted by Gasteiger charge is 2.32. The van der Waals surface area contributed by atoms with E-state index < -0.39 is 26.3 Å². The van der Waals surface area contributed by atoms with Crippen molar-refractivity contribution < 1.29 is 26.4 Å². The van der Waals surface area contributed by atoms with Gasteiger partial charge in [-0.2, -0.15) is 8.78 Å². The molecule has 0 aliphatic carbocycles. The van der Waals surface area contributed by atoms with Crippen LogP contribution in [0.4, 0.5) is 24.5 Å². The van der Waals surface area contributed by atoms with E-state index in [9.17, 15) is 26.4 Å². The molecule has 1 fully saturated rings. The summed E-state index contributed by atoms with van der Waals surface area (Å²) in [4.78, 5) is 13.7. The number of amides is 1. The van der Waals surface area contributed by atoms with Crippen molar-refractivity contribution in [2.45, 2.75) is 23.5 Å². The third kappa shape index (κ3) is 4.67. The molecule has 29 heavy (non-hydrogen) atoms. The molecule has 156 valence electrons. The molecule has 1 aliphatic heterocycles. The molecule has 2 aromatic carbocycles. The monoisotopic (exact) mass is 446 g/mol. The molecule has 10 heteroatoms. The Labute approximate surface area is 171 Å². The molecule has 0 spiro atoms. The molecule has 0 bridgehead atoms. The van der Waals surface area contributed by atoms with E-state index in [1.807, 2.05) is 0 Å². The SMILES string of the molecule is O=C(Nc1ccc(F)c(Cl)c1)C1CCN(c2ccccc2S(=O)(=O)C(F)F)CC1. The van der Waals surface area contributed by atoms with Gasteiger partial charge in [-0.05, 0) is 43.2 Å². The van der Waals surface area contributed by atoms with Crippen LogP contribution in [0, 0.1) is 11.7 Å². The molecule has 5 nitrogen and oxygen atoms in total. The van der Waals surface area contributed by atoms with Crippen molar-refractivity contribution in [3.8, 4) is 0 Å². The number of rotatable bonds is 5. The number of para-hydroxylation sites is 1. The van der Waals surface area contributed by atoms with Crippen LogP contribution >= 0.6 is 11.6 Å². The average molecular weight is 447 g/mol. The van der Waals surface area contributed by atoms with E-state index in [4.69, 9.17) is 11.6 Å². The fourth-order valence-corrected chi connectivity index (χ4v) is 4.39. The number of carbonyl (C=O) groups excluding carboxylic acids is 1. The van der Waals surface area contributed by atoms with Crippen LogP contribution in [0.5, 0.6) is 0 Å². The van der Waals surface area contributed by atoms with E-state index in [1.54, 1.807) is 11.0 Å². The van der Waals surface area contributed by atoms with Gasteiger partial charge >= 0.3 is 5.76 Å². The lowest BCUT2D eigenvalue weighted by Gasteiger charge is -2.34. The summed E-state index contributed by atoms with van der Waals surface area (Å²) in [5.41, 5.74) is 0.578. The van der Waals surface area contributed by atoms with Crippen LogP contribution < -0.4 is 10.2 Å². The Morgan fingerprint density at radius 1 is 1.14 bits per heavy atom. The van der Waals surface area contributed by atoms with Gasteiger partial charge < -0.3 is 10.2 Å². The summed E-state index contributed by atoms with van der Waals surface area (Å²) in [6.07, 6.45) is 0.813. The molecular weight excluding hydrogens is 429 g/mol. The third-order valence-electron chi connectivity index (χ3n) is 4.80. The largest absolute Gasteiger partial charge is 0.370 e. The van der Waals surface area contributed by atoms with Gasteiger partial charge in [0.1, 0.15) is 5.82 Å². The van der Waals surface area contributed by atoms with Gasteiger partial charge in [0.05, 0.1) is 15.6 Å². The van der Waals surface area contributed by atoms with Crippen LogP contribution in [0.3, 0.4) is 0 Å². The fraction of sp³-hybridized carbons (Fsp3) is 0.316. The standard InChI is InChI=1S/C19H18ClF3N2O3S/c20-14-11-13(5-6-15(14)21)24-18(26)12-7-9-25(10-8-12)16-3-1-2-4-17(16)29(27,28)19(22)23/h1-6,11-12,19H,7-10H2,(H,24,26). The predicted octanol–water partition coefficient (Wildman–Crippen LogP) is 4.33. The Balaban J connectivity index is 1.68. The topological polar surface area (TPSA) is 66.5 Å². The second-order valence-electron chi connectivity index (χ2n) is 6.65. The molecule has 3 rings (SSSR count). The predicted molar refractivity (Wildman–Crippen MR) is 105 cm³/mol. The number of nitrogens with one attached hydrogen (secondary N) is 1. The molecule has 1 heterocycles. The van der Waals surface area contributed by atoms with Crippen LogP contribution in [0.1, 0.15) is 12.8 Å². The van der Waals surface area contributed by atoms with Crippen molar-refractivity contribution in [2.24, 2.45) is 5.92 Å². The molecule has 1 saturated heterocycles. The number of benzene rings is 2. The number of carbonyl (C=O) groups is 1. The van der Waals surface area contributed by atoms with Crippen molar-refractivity contribution in [1.29, 1.82) is 0 Å². The summed E-state index contributed by atoms with van der Waals surface area (Å²) in [6, 6.07) is 9.49. The molecule has 0 atom stereocenters. The summed E-state index contributed by atoms with van der Waals surface area (Å²) < 4.78 is 63.1. The summed E-state index contributed by atoms with van der Waals surface area (Å²) in [5.74, 6) is -4.71. The highest BCUT2D eigenvalue weighted by molar-refractivity contribution is 7.91. The third-order valence-corrected chi connectivity index (χ3v) is 6.52. The molecule has 1 aliphatic rings. The van der Waals surface area contributed by atoms with E-state index in [0.717, 1.165) is 12.1 Å². The quantitative estimate of drug-likeness (QED) is 0.742. The lowest BCUT2D eigenvalue weighted by Crippen LogP contribution is -2.38. The second-order valence-corrected chi connectivity index (χ2v) is 8.95.